The van der Waals surface area contributed by atoms with Crippen LogP contribution in [-0.4, -0.2) is 59.3 Å². The Kier molecular flexibility index (Phi) is 5.54. The molecule has 3 aliphatic heterocycles. The molecule has 0 spiro atoms. The predicted molar refractivity (Wildman–Crippen MR) is 106 cm³/mol. The first-order valence-corrected chi connectivity index (χ1v) is 10.1. The molecule has 4 rings (SSSR count). The average Bonchev–Trinajstić information content (AvgIpc) is 3.02. The topological polar surface area (TPSA) is 79.0 Å². The predicted octanol–water partition coefficient (Wildman–Crippen LogP) is 1.31. The molecule has 0 saturated carbocycles. The maximum Gasteiger partial charge on any atom is 0.255 e. The van der Waals surface area contributed by atoms with Gasteiger partial charge < -0.3 is 9.64 Å². The minimum absolute atomic E-state index is 0.101. The van der Waals surface area contributed by atoms with Crippen LogP contribution in [0.25, 0.3) is 0 Å². The molecule has 0 aliphatic carbocycles. The smallest absolute Gasteiger partial charge is 0.255 e. The molecular weight excluding hydrogens is 370 g/mol. The molecule has 7 nitrogen and oxygen atoms in total. The van der Waals surface area contributed by atoms with Crippen molar-refractivity contribution < 1.29 is 19.1 Å². The average molecular weight is 395 g/mol. The van der Waals surface area contributed by atoms with E-state index < -0.39 is 11.9 Å². The van der Waals surface area contributed by atoms with Gasteiger partial charge >= 0.3 is 0 Å². The number of nitrogens with zero attached hydrogens (tertiary/aromatic N) is 2. The van der Waals surface area contributed by atoms with Crippen molar-refractivity contribution in [2.45, 2.75) is 51.3 Å². The number of carbonyl (C=O) groups excluding carboxylic acids is 3. The standard InChI is InChI=1S/C22H25N3O4/c1-2-3-10-24-11-4-5-17(14-24)29-16-6-7-18-15(12-16)13-25(22(18)28)19-8-9-20(26)23-21(19)27/h6-7,12,17,19H,4-5,8-11,13-14H2,1H3,(H,23,26,27)/t17-,19?/m1/s1. The molecule has 0 aromatic heterocycles. The second-order valence-electron chi connectivity index (χ2n) is 7.76. The van der Waals surface area contributed by atoms with Crippen LogP contribution in [0.5, 0.6) is 5.75 Å². The Morgan fingerprint density at radius 3 is 2.90 bits per heavy atom. The molecule has 3 amide bonds. The summed E-state index contributed by atoms with van der Waals surface area (Å²) in [5.74, 6) is 5.95. The highest BCUT2D eigenvalue weighted by Crippen LogP contribution is 2.31. The highest BCUT2D eigenvalue weighted by molar-refractivity contribution is 6.05. The second-order valence-corrected chi connectivity index (χ2v) is 7.76. The van der Waals surface area contributed by atoms with Gasteiger partial charge in [0.1, 0.15) is 17.9 Å². The maximum atomic E-state index is 12.8. The van der Waals surface area contributed by atoms with Gasteiger partial charge in [0.05, 0.1) is 6.54 Å². The van der Waals surface area contributed by atoms with Gasteiger partial charge in [-0.2, -0.15) is 0 Å². The summed E-state index contributed by atoms with van der Waals surface area (Å²) in [6.07, 6.45) is 2.79. The fourth-order valence-electron chi connectivity index (χ4n) is 4.26. The van der Waals surface area contributed by atoms with Crippen molar-refractivity contribution in [1.29, 1.82) is 0 Å². The van der Waals surface area contributed by atoms with E-state index in [2.05, 4.69) is 22.1 Å². The highest BCUT2D eigenvalue weighted by atomic mass is 16.5. The van der Waals surface area contributed by atoms with Gasteiger partial charge in [0.15, 0.2) is 0 Å². The molecule has 1 N–H and O–H groups in total. The van der Waals surface area contributed by atoms with Gasteiger partial charge in [0.25, 0.3) is 5.91 Å². The van der Waals surface area contributed by atoms with Crippen molar-refractivity contribution in [2.24, 2.45) is 0 Å². The summed E-state index contributed by atoms with van der Waals surface area (Å²) in [4.78, 5) is 40.2. The fourth-order valence-corrected chi connectivity index (χ4v) is 4.26. The first kappa shape index (κ1) is 19.5. The third-order valence-corrected chi connectivity index (χ3v) is 5.74. The van der Waals surface area contributed by atoms with E-state index >= 15 is 0 Å². The van der Waals surface area contributed by atoms with E-state index in [1.165, 1.54) is 0 Å². The van der Waals surface area contributed by atoms with Gasteiger partial charge in [0.2, 0.25) is 11.8 Å². The maximum absolute atomic E-state index is 12.8. The Hall–Kier alpha value is -2.85. The number of likely N-dealkylation sites (tertiary alicyclic amines) is 1. The number of hydrogen-bond acceptors (Lipinski definition) is 5. The van der Waals surface area contributed by atoms with Gasteiger partial charge in [-0.25, -0.2) is 0 Å². The SMILES string of the molecule is CC#CCN1CCC[C@@H](Oc2ccc3c(c2)CN(C2CCC(=O)NC2=O)C3=O)C1. The number of rotatable bonds is 4. The summed E-state index contributed by atoms with van der Waals surface area (Å²) >= 11 is 0. The number of fused-ring (bicyclic) bond motifs is 1. The van der Waals surface area contributed by atoms with Crippen molar-refractivity contribution in [3.8, 4) is 17.6 Å². The lowest BCUT2D eigenvalue weighted by atomic mass is 10.0. The fraction of sp³-hybridized carbons (Fsp3) is 0.500. The van der Waals surface area contributed by atoms with Gasteiger partial charge in [0, 0.05) is 25.1 Å². The Labute approximate surface area is 170 Å². The molecular formula is C22H25N3O4. The van der Waals surface area contributed by atoms with Crippen LogP contribution in [0.2, 0.25) is 0 Å². The van der Waals surface area contributed by atoms with Crippen molar-refractivity contribution in [2.75, 3.05) is 19.6 Å². The quantitative estimate of drug-likeness (QED) is 0.614. The normalized spacial score (nSPS) is 24.6. The van der Waals surface area contributed by atoms with Gasteiger partial charge in [-0.1, -0.05) is 5.92 Å². The molecule has 7 heteroatoms. The van der Waals surface area contributed by atoms with Crippen LogP contribution in [0, 0.1) is 11.8 Å². The molecule has 2 fully saturated rings. The molecule has 0 bridgehead atoms. The zero-order chi connectivity index (χ0) is 20.4. The van der Waals surface area contributed by atoms with Crippen LogP contribution in [0.3, 0.4) is 0 Å². The summed E-state index contributed by atoms with van der Waals surface area (Å²) in [7, 11) is 0. The molecule has 3 aliphatic rings. The van der Waals surface area contributed by atoms with Crippen LogP contribution in [0.4, 0.5) is 0 Å². The van der Waals surface area contributed by atoms with E-state index in [1.807, 2.05) is 19.1 Å². The van der Waals surface area contributed by atoms with Crippen molar-refractivity contribution >= 4 is 17.7 Å². The van der Waals surface area contributed by atoms with Crippen molar-refractivity contribution in [3.05, 3.63) is 29.3 Å². The number of carbonyl (C=O) groups is 3. The molecule has 0 radical (unpaired) electrons. The lowest BCUT2D eigenvalue weighted by Crippen LogP contribution is -2.52. The number of piperidine rings is 2. The molecule has 2 atom stereocenters. The molecule has 1 unspecified atom stereocenters. The summed E-state index contributed by atoms with van der Waals surface area (Å²) in [5.41, 5.74) is 1.47. The summed E-state index contributed by atoms with van der Waals surface area (Å²) in [6.45, 7) is 4.85. The van der Waals surface area contributed by atoms with Crippen LogP contribution < -0.4 is 10.1 Å². The van der Waals surface area contributed by atoms with Crippen LogP contribution in [0.1, 0.15) is 48.5 Å². The van der Waals surface area contributed by atoms with E-state index in [0.717, 1.165) is 43.8 Å². The Morgan fingerprint density at radius 2 is 2.10 bits per heavy atom. The zero-order valence-corrected chi connectivity index (χ0v) is 16.6. The highest BCUT2D eigenvalue weighted by Gasteiger charge is 2.39. The van der Waals surface area contributed by atoms with E-state index in [4.69, 9.17) is 4.74 Å². The van der Waals surface area contributed by atoms with Gasteiger partial charge in [-0.3, -0.25) is 24.6 Å². The molecule has 152 valence electrons. The second kappa shape index (κ2) is 8.26. The van der Waals surface area contributed by atoms with E-state index in [1.54, 1.807) is 11.0 Å². The lowest BCUT2D eigenvalue weighted by molar-refractivity contribution is -0.136. The monoisotopic (exact) mass is 395 g/mol. The minimum atomic E-state index is -0.594. The molecule has 1 aromatic carbocycles. The van der Waals surface area contributed by atoms with Gasteiger partial charge in [-0.15, -0.1) is 5.92 Å². The Morgan fingerprint density at radius 1 is 1.24 bits per heavy atom. The summed E-state index contributed by atoms with van der Waals surface area (Å²) in [5, 5.41) is 2.33. The van der Waals surface area contributed by atoms with Crippen molar-refractivity contribution in [3.63, 3.8) is 0 Å². The molecule has 3 heterocycles. The first-order chi connectivity index (χ1) is 14.0. The largest absolute Gasteiger partial charge is 0.489 e. The van der Waals surface area contributed by atoms with Crippen LogP contribution in [-0.2, 0) is 16.1 Å². The third kappa shape index (κ3) is 4.13. The Bertz CT molecular complexity index is 901. The number of ether oxygens (including phenoxy) is 1. The van der Waals surface area contributed by atoms with E-state index in [0.29, 0.717) is 18.5 Å². The number of imide groups is 1. The lowest BCUT2D eigenvalue weighted by Gasteiger charge is -2.31. The summed E-state index contributed by atoms with van der Waals surface area (Å²) < 4.78 is 6.20. The molecule has 2 saturated heterocycles. The third-order valence-electron chi connectivity index (χ3n) is 5.74. The van der Waals surface area contributed by atoms with E-state index in [-0.39, 0.29) is 24.3 Å². The number of amides is 3. The van der Waals surface area contributed by atoms with Crippen molar-refractivity contribution in [1.82, 2.24) is 15.1 Å². The number of hydrogen-bond donors (Lipinski definition) is 1. The number of benzene rings is 1. The van der Waals surface area contributed by atoms with Crippen LogP contribution in [0.15, 0.2) is 18.2 Å². The molecule has 29 heavy (non-hydrogen) atoms. The van der Waals surface area contributed by atoms with Crippen LogP contribution >= 0.6 is 0 Å². The summed E-state index contributed by atoms with van der Waals surface area (Å²) in [6, 6.07) is 4.92. The number of nitrogens with one attached hydrogen (secondary N) is 1. The zero-order valence-electron chi connectivity index (χ0n) is 16.6. The first-order valence-electron chi connectivity index (χ1n) is 10.1. The van der Waals surface area contributed by atoms with Gasteiger partial charge in [-0.05, 0) is 56.5 Å². The molecule has 1 aromatic rings. The van der Waals surface area contributed by atoms with E-state index in [9.17, 15) is 14.4 Å². The Balaban J connectivity index is 1.43. The minimum Gasteiger partial charge on any atom is -0.489 e.